The van der Waals surface area contributed by atoms with E-state index >= 15 is 0 Å². The van der Waals surface area contributed by atoms with Gasteiger partial charge in [-0.25, -0.2) is 4.39 Å². The van der Waals surface area contributed by atoms with Crippen LogP contribution >= 0.6 is 11.6 Å². The number of nitrogens with one attached hydrogen (secondary N) is 1. The van der Waals surface area contributed by atoms with Gasteiger partial charge in [0.2, 0.25) is 0 Å². The molecule has 0 saturated carbocycles. The molecule has 0 bridgehead atoms. The highest BCUT2D eigenvalue weighted by Gasteiger charge is 2.11. The smallest absolute Gasteiger partial charge is 0.146 e. The highest BCUT2D eigenvalue weighted by molar-refractivity contribution is 6.32. The summed E-state index contributed by atoms with van der Waals surface area (Å²) in [6.45, 7) is 0. The van der Waals surface area contributed by atoms with Gasteiger partial charge >= 0.3 is 0 Å². The Bertz CT molecular complexity index is 714. The fourth-order valence-corrected chi connectivity index (χ4v) is 2.08. The molecule has 0 unspecified atom stereocenters. The first-order chi connectivity index (χ1) is 10.1. The number of nitrogens with zero attached hydrogens (tertiary/aromatic N) is 1. The Morgan fingerprint density at radius 2 is 1.81 bits per heavy atom. The summed E-state index contributed by atoms with van der Waals surface area (Å²) in [6, 6.07) is 9.08. The van der Waals surface area contributed by atoms with Crippen molar-refractivity contribution >= 4 is 23.0 Å². The molecular weight excluding hydrogens is 295 g/mol. The summed E-state index contributed by atoms with van der Waals surface area (Å²) in [5, 5.41) is 12.2. The number of benzene rings is 2. The Balaban J connectivity index is 2.42. The maximum absolute atomic E-state index is 13.4. The SMILES string of the molecule is COc1cc(OC)c(Nc2cc(F)cc(C#N)c2)cc1Cl. The summed E-state index contributed by atoms with van der Waals surface area (Å²) in [5.74, 6) is 0.449. The van der Waals surface area contributed by atoms with Crippen molar-refractivity contribution < 1.29 is 13.9 Å². The topological polar surface area (TPSA) is 54.3 Å². The first-order valence-corrected chi connectivity index (χ1v) is 6.34. The normalized spacial score (nSPS) is 9.86. The standard InChI is InChI=1S/C15H12ClFN2O2/c1-20-14-7-15(21-2)13(6-12(14)16)19-11-4-9(8-18)3-10(17)5-11/h3-7,19H,1-2H3. The predicted octanol–water partition coefficient (Wildman–Crippen LogP) is 4.11. The predicted molar refractivity (Wildman–Crippen MR) is 79.0 cm³/mol. The monoisotopic (exact) mass is 306 g/mol. The zero-order chi connectivity index (χ0) is 15.4. The maximum Gasteiger partial charge on any atom is 0.146 e. The minimum atomic E-state index is -0.505. The zero-order valence-electron chi connectivity index (χ0n) is 11.4. The van der Waals surface area contributed by atoms with Gasteiger partial charge in [-0.2, -0.15) is 5.26 Å². The molecular formula is C15H12ClFN2O2. The second-order valence-corrected chi connectivity index (χ2v) is 4.56. The molecule has 0 fully saturated rings. The minimum Gasteiger partial charge on any atom is -0.495 e. The summed E-state index contributed by atoms with van der Waals surface area (Å²) in [6.07, 6.45) is 0. The fraction of sp³-hybridized carbons (Fsp3) is 0.133. The Labute approximate surface area is 126 Å². The molecule has 2 aromatic carbocycles. The van der Waals surface area contributed by atoms with Crippen LogP contribution in [0.5, 0.6) is 11.5 Å². The van der Waals surface area contributed by atoms with E-state index in [-0.39, 0.29) is 5.56 Å². The number of hydrogen-bond donors (Lipinski definition) is 1. The van der Waals surface area contributed by atoms with Crippen LogP contribution in [-0.4, -0.2) is 14.2 Å². The maximum atomic E-state index is 13.4. The molecule has 0 radical (unpaired) electrons. The van der Waals surface area contributed by atoms with E-state index in [1.54, 1.807) is 12.1 Å². The Kier molecular flexibility index (Phi) is 4.51. The number of methoxy groups -OCH3 is 2. The van der Waals surface area contributed by atoms with Gasteiger partial charge in [0.25, 0.3) is 0 Å². The first kappa shape index (κ1) is 14.9. The molecule has 0 aliphatic rings. The number of anilines is 2. The van der Waals surface area contributed by atoms with Gasteiger partial charge in [0.15, 0.2) is 0 Å². The van der Waals surface area contributed by atoms with Gasteiger partial charge in [-0.1, -0.05) is 11.6 Å². The number of ether oxygens (including phenoxy) is 2. The van der Waals surface area contributed by atoms with Gasteiger partial charge in [-0.15, -0.1) is 0 Å². The van der Waals surface area contributed by atoms with Gasteiger partial charge < -0.3 is 14.8 Å². The molecule has 2 aromatic rings. The molecule has 2 rings (SSSR count). The second kappa shape index (κ2) is 6.33. The molecule has 0 aromatic heterocycles. The van der Waals surface area contributed by atoms with Crippen LogP contribution in [0.1, 0.15) is 5.56 Å². The lowest BCUT2D eigenvalue weighted by molar-refractivity contribution is 0.396. The van der Waals surface area contributed by atoms with Gasteiger partial charge in [-0.05, 0) is 24.3 Å². The third kappa shape index (κ3) is 3.36. The largest absolute Gasteiger partial charge is 0.495 e. The van der Waals surface area contributed by atoms with E-state index in [9.17, 15) is 4.39 Å². The van der Waals surface area contributed by atoms with Crippen molar-refractivity contribution in [2.45, 2.75) is 0 Å². The van der Waals surface area contributed by atoms with Crippen molar-refractivity contribution in [3.05, 3.63) is 46.7 Å². The van der Waals surface area contributed by atoms with Crippen LogP contribution in [0.2, 0.25) is 5.02 Å². The van der Waals surface area contributed by atoms with E-state index in [2.05, 4.69) is 5.32 Å². The summed E-state index contributed by atoms with van der Waals surface area (Å²) < 4.78 is 23.8. The van der Waals surface area contributed by atoms with Crippen molar-refractivity contribution in [2.75, 3.05) is 19.5 Å². The summed E-state index contributed by atoms with van der Waals surface area (Å²) in [4.78, 5) is 0. The van der Waals surface area contributed by atoms with Gasteiger partial charge in [0.05, 0.1) is 36.6 Å². The molecule has 0 atom stereocenters. The van der Waals surface area contributed by atoms with Crippen molar-refractivity contribution in [1.82, 2.24) is 0 Å². The Morgan fingerprint density at radius 3 is 2.43 bits per heavy atom. The number of nitriles is 1. The highest BCUT2D eigenvalue weighted by atomic mass is 35.5. The van der Waals surface area contributed by atoms with E-state index in [1.165, 1.54) is 26.4 Å². The molecule has 0 heterocycles. The lowest BCUT2D eigenvalue weighted by Gasteiger charge is -2.14. The van der Waals surface area contributed by atoms with Crippen LogP contribution in [0.25, 0.3) is 0 Å². The average Bonchev–Trinajstić information content (AvgIpc) is 2.47. The van der Waals surface area contributed by atoms with Crippen LogP contribution in [0.15, 0.2) is 30.3 Å². The molecule has 6 heteroatoms. The molecule has 108 valence electrons. The van der Waals surface area contributed by atoms with E-state index in [1.807, 2.05) is 6.07 Å². The number of hydrogen-bond acceptors (Lipinski definition) is 4. The fourth-order valence-electron chi connectivity index (χ4n) is 1.84. The minimum absolute atomic E-state index is 0.219. The van der Waals surface area contributed by atoms with Crippen LogP contribution in [0.4, 0.5) is 15.8 Å². The molecule has 0 amide bonds. The highest BCUT2D eigenvalue weighted by Crippen LogP contribution is 2.37. The van der Waals surface area contributed by atoms with Crippen molar-refractivity contribution in [2.24, 2.45) is 0 Å². The Hall–Kier alpha value is -2.45. The third-order valence-corrected chi connectivity index (χ3v) is 3.08. The van der Waals surface area contributed by atoms with E-state index in [0.717, 1.165) is 6.07 Å². The van der Waals surface area contributed by atoms with E-state index in [0.29, 0.717) is 27.9 Å². The van der Waals surface area contributed by atoms with Crippen LogP contribution in [-0.2, 0) is 0 Å². The third-order valence-electron chi connectivity index (χ3n) is 2.78. The average molecular weight is 307 g/mol. The lowest BCUT2D eigenvalue weighted by Crippen LogP contribution is -1.97. The molecule has 0 aliphatic carbocycles. The van der Waals surface area contributed by atoms with E-state index in [4.69, 9.17) is 26.3 Å². The lowest BCUT2D eigenvalue weighted by atomic mass is 10.2. The molecule has 4 nitrogen and oxygen atoms in total. The van der Waals surface area contributed by atoms with Gasteiger partial charge in [-0.3, -0.25) is 0 Å². The van der Waals surface area contributed by atoms with Gasteiger partial charge in [0.1, 0.15) is 17.3 Å². The van der Waals surface area contributed by atoms with Crippen molar-refractivity contribution in [3.63, 3.8) is 0 Å². The van der Waals surface area contributed by atoms with Gasteiger partial charge in [0, 0.05) is 11.8 Å². The summed E-state index contributed by atoms with van der Waals surface area (Å²) >= 11 is 6.07. The molecule has 21 heavy (non-hydrogen) atoms. The van der Waals surface area contributed by atoms with Crippen molar-refractivity contribution in [3.8, 4) is 17.6 Å². The molecule has 1 N–H and O–H groups in total. The molecule has 0 spiro atoms. The second-order valence-electron chi connectivity index (χ2n) is 4.15. The molecule has 0 saturated heterocycles. The first-order valence-electron chi connectivity index (χ1n) is 5.96. The summed E-state index contributed by atoms with van der Waals surface area (Å²) in [5.41, 5.74) is 1.18. The quantitative estimate of drug-likeness (QED) is 0.923. The number of rotatable bonds is 4. The summed E-state index contributed by atoms with van der Waals surface area (Å²) in [7, 11) is 3.00. The van der Waals surface area contributed by atoms with E-state index < -0.39 is 5.82 Å². The van der Waals surface area contributed by atoms with Crippen molar-refractivity contribution in [1.29, 1.82) is 5.26 Å². The zero-order valence-corrected chi connectivity index (χ0v) is 12.2. The number of halogens is 2. The Morgan fingerprint density at radius 1 is 1.10 bits per heavy atom. The van der Waals surface area contributed by atoms with Crippen LogP contribution < -0.4 is 14.8 Å². The van der Waals surface area contributed by atoms with Crippen LogP contribution in [0.3, 0.4) is 0 Å². The molecule has 0 aliphatic heterocycles. The van der Waals surface area contributed by atoms with Crippen LogP contribution in [0, 0.1) is 17.1 Å².